The lowest BCUT2D eigenvalue weighted by atomic mass is 10.2. The number of carbonyl (C=O) groups excluding carboxylic acids is 1. The molecular formula is C16H20N2O2S. The molecule has 4 nitrogen and oxygen atoms in total. The van der Waals surface area contributed by atoms with Gasteiger partial charge in [0.15, 0.2) is 0 Å². The van der Waals surface area contributed by atoms with Crippen LogP contribution in [0.25, 0.3) is 0 Å². The van der Waals surface area contributed by atoms with E-state index in [4.69, 9.17) is 10.4 Å². The molecule has 1 aromatic rings. The van der Waals surface area contributed by atoms with E-state index in [9.17, 15) is 4.79 Å². The largest absolute Gasteiger partial charge is 0.395 e. The highest BCUT2D eigenvalue weighted by molar-refractivity contribution is 7.14. The Hall–Kier alpha value is -1.82. The first-order valence-electron chi connectivity index (χ1n) is 6.92. The maximum Gasteiger partial charge on any atom is 0.264 e. The van der Waals surface area contributed by atoms with Crippen LogP contribution in [0.4, 0.5) is 0 Å². The summed E-state index contributed by atoms with van der Waals surface area (Å²) in [6.07, 6.45) is 0.432. The van der Waals surface area contributed by atoms with Crippen LogP contribution in [0.2, 0.25) is 0 Å². The molecule has 0 aliphatic heterocycles. The number of aliphatic hydroxyl groups is 1. The van der Waals surface area contributed by atoms with E-state index in [0.29, 0.717) is 24.4 Å². The van der Waals surface area contributed by atoms with E-state index in [2.05, 4.69) is 17.9 Å². The lowest BCUT2D eigenvalue weighted by Gasteiger charge is -2.21. The Bertz CT molecular complexity index is 590. The highest BCUT2D eigenvalue weighted by Gasteiger charge is 2.19. The normalized spacial score (nSPS) is 11.2. The molecule has 0 aromatic carbocycles. The summed E-state index contributed by atoms with van der Waals surface area (Å²) in [5.74, 6) is 5.62. The Morgan fingerprint density at radius 2 is 2.29 bits per heavy atom. The van der Waals surface area contributed by atoms with Crippen molar-refractivity contribution in [1.82, 2.24) is 4.90 Å². The fourth-order valence-electron chi connectivity index (χ4n) is 1.79. The topological polar surface area (TPSA) is 64.3 Å². The second-order valence-corrected chi connectivity index (χ2v) is 5.82. The van der Waals surface area contributed by atoms with Gasteiger partial charge in [0.05, 0.1) is 28.3 Å². The molecule has 1 heterocycles. The van der Waals surface area contributed by atoms with Gasteiger partial charge < -0.3 is 10.0 Å². The molecule has 5 heteroatoms. The minimum absolute atomic E-state index is 0.0405. The van der Waals surface area contributed by atoms with Crippen LogP contribution < -0.4 is 0 Å². The molecule has 1 rings (SSSR count). The molecule has 0 fully saturated rings. The van der Waals surface area contributed by atoms with Crippen molar-refractivity contribution in [3.63, 3.8) is 0 Å². The first kappa shape index (κ1) is 17.2. The number of aryl methyl sites for hydroxylation is 1. The van der Waals surface area contributed by atoms with E-state index in [1.807, 2.05) is 19.9 Å². The fourth-order valence-corrected chi connectivity index (χ4v) is 2.81. The summed E-state index contributed by atoms with van der Waals surface area (Å²) in [6.45, 7) is 6.69. The van der Waals surface area contributed by atoms with Crippen molar-refractivity contribution in [2.75, 3.05) is 19.7 Å². The summed E-state index contributed by atoms with van der Waals surface area (Å²) in [5.41, 5.74) is 0.971. The van der Waals surface area contributed by atoms with Crippen molar-refractivity contribution >= 4 is 17.2 Å². The summed E-state index contributed by atoms with van der Waals surface area (Å²) in [7, 11) is 0. The number of carbonyl (C=O) groups is 1. The molecule has 0 aliphatic rings. The average molecular weight is 304 g/mol. The van der Waals surface area contributed by atoms with Crippen LogP contribution in [-0.2, 0) is 0 Å². The highest BCUT2D eigenvalue weighted by Crippen LogP contribution is 2.22. The Morgan fingerprint density at radius 3 is 2.86 bits per heavy atom. The number of hydrogen-bond donors (Lipinski definition) is 1. The number of hydrogen-bond acceptors (Lipinski definition) is 4. The molecule has 0 saturated heterocycles. The van der Waals surface area contributed by atoms with Crippen molar-refractivity contribution < 1.29 is 9.90 Å². The van der Waals surface area contributed by atoms with Crippen LogP contribution in [0.15, 0.2) is 6.07 Å². The zero-order valence-corrected chi connectivity index (χ0v) is 13.5. The molecule has 0 radical (unpaired) electrons. The molecule has 112 valence electrons. The number of thiophene rings is 1. The van der Waals surface area contributed by atoms with E-state index in [1.165, 1.54) is 11.3 Å². The molecule has 1 amide bonds. The molecule has 0 aliphatic carbocycles. The van der Waals surface area contributed by atoms with Gasteiger partial charge in [-0.3, -0.25) is 4.79 Å². The van der Waals surface area contributed by atoms with Gasteiger partial charge in [0.25, 0.3) is 5.91 Å². The zero-order chi connectivity index (χ0) is 15.8. The zero-order valence-electron chi connectivity index (χ0n) is 12.6. The number of rotatable bonds is 5. The summed E-state index contributed by atoms with van der Waals surface area (Å²) < 4.78 is 0. The lowest BCUT2D eigenvalue weighted by molar-refractivity contribution is 0.0757. The minimum Gasteiger partial charge on any atom is -0.395 e. The maximum atomic E-state index is 12.5. The number of amides is 1. The predicted octanol–water partition coefficient (Wildman–Crippen LogP) is 2.41. The van der Waals surface area contributed by atoms with Crippen LogP contribution in [-0.4, -0.2) is 35.6 Å². The predicted molar refractivity (Wildman–Crippen MR) is 84.0 cm³/mol. The van der Waals surface area contributed by atoms with Gasteiger partial charge in [-0.15, -0.1) is 11.3 Å². The third-order valence-corrected chi connectivity index (χ3v) is 4.09. The fraction of sp³-hybridized carbons (Fsp3) is 0.500. The molecule has 1 unspecified atom stereocenters. The summed E-state index contributed by atoms with van der Waals surface area (Å²) in [6, 6.07) is 3.99. The standard InChI is InChI=1S/C16H20N2O2S/c1-4-18(11-12(2)10-17)16(20)15-9-13(3)14(21-15)7-5-6-8-19/h9,12,19H,4,6,8,11H2,1-3H3. The van der Waals surface area contributed by atoms with E-state index in [0.717, 1.165) is 10.4 Å². The van der Waals surface area contributed by atoms with Crippen molar-refractivity contribution in [3.05, 3.63) is 21.4 Å². The number of nitrogens with zero attached hydrogens (tertiary/aromatic N) is 2. The van der Waals surface area contributed by atoms with E-state index >= 15 is 0 Å². The van der Waals surface area contributed by atoms with Crippen LogP contribution in [0.5, 0.6) is 0 Å². The second-order valence-electron chi connectivity index (χ2n) is 4.77. The van der Waals surface area contributed by atoms with Gasteiger partial charge in [-0.1, -0.05) is 11.8 Å². The Balaban J connectivity index is 2.90. The third-order valence-electron chi connectivity index (χ3n) is 2.95. The Labute approximate surface area is 130 Å². The van der Waals surface area contributed by atoms with E-state index in [-0.39, 0.29) is 18.4 Å². The van der Waals surface area contributed by atoms with Crippen molar-refractivity contribution in [2.45, 2.75) is 27.2 Å². The highest BCUT2D eigenvalue weighted by atomic mass is 32.1. The molecule has 21 heavy (non-hydrogen) atoms. The molecule has 1 atom stereocenters. The number of nitriles is 1. The molecule has 1 aromatic heterocycles. The summed E-state index contributed by atoms with van der Waals surface area (Å²) >= 11 is 1.37. The molecular weight excluding hydrogens is 284 g/mol. The molecule has 1 N–H and O–H groups in total. The molecule has 0 saturated carbocycles. The van der Waals surface area contributed by atoms with Crippen LogP contribution in [0.3, 0.4) is 0 Å². The second kappa shape index (κ2) is 8.46. The van der Waals surface area contributed by atoms with Gasteiger partial charge in [-0.25, -0.2) is 0 Å². The molecule has 0 spiro atoms. The first-order valence-corrected chi connectivity index (χ1v) is 7.74. The third kappa shape index (κ3) is 4.90. The summed E-state index contributed by atoms with van der Waals surface area (Å²) in [4.78, 5) is 15.6. The number of aliphatic hydroxyl groups excluding tert-OH is 1. The van der Waals surface area contributed by atoms with Crippen LogP contribution in [0, 0.1) is 36.0 Å². The minimum atomic E-state index is -0.182. The van der Waals surface area contributed by atoms with Crippen LogP contribution >= 0.6 is 11.3 Å². The van der Waals surface area contributed by atoms with Gasteiger partial charge in [-0.2, -0.15) is 5.26 Å². The summed E-state index contributed by atoms with van der Waals surface area (Å²) in [5, 5.41) is 17.6. The lowest BCUT2D eigenvalue weighted by Crippen LogP contribution is -2.33. The van der Waals surface area contributed by atoms with Gasteiger partial charge in [0.1, 0.15) is 0 Å². The quantitative estimate of drug-likeness (QED) is 0.850. The monoisotopic (exact) mass is 304 g/mol. The van der Waals surface area contributed by atoms with E-state index in [1.54, 1.807) is 11.8 Å². The smallest absolute Gasteiger partial charge is 0.264 e. The Kier molecular flexibility index (Phi) is 6.94. The van der Waals surface area contributed by atoms with Crippen molar-refractivity contribution in [2.24, 2.45) is 5.92 Å². The van der Waals surface area contributed by atoms with Gasteiger partial charge in [0.2, 0.25) is 0 Å². The SMILES string of the molecule is CCN(CC(C)C#N)C(=O)c1cc(C)c(C#CCCO)s1. The maximum absolute atomic E-state index is 12.5. The average Bonchev–Trinajstić information content (AvgIpc) is 2.85. The van der Waals surface area contributed by atoms with Crippen molar-refractivity contribution in [3.8, 4) is 17.9 Å². The molecule has 0 bridgehead atoms. The van der Waals surface area contributed by atoms with Crippen molar-refractivity contribution in [1.29, 1.82) is 5.26 Å². The van der Waals surface area contributed by atoms with Gasteiger partial charge in [-0.05, 0) is 32.4 Å². The van der Waals surface area contributed by atoms with Gasteiger partial charge in [0, 0.05) is 19.5 Å². The Morgan fingerprint density at radius 1 is 1.57 bits per heavy atom. The van der Waals surface area contributed by atoms with Crippen LogP contribution in [0.1, 0.15) is 40.4 Å². The van der Waals surface area contributed by atoms with E-state index < -0.39 is 0 Å². The first-order chi connectivity index (χ1) is 10.0. The van der Waals surface area contributed by atoms with Gasteiger partial charge >= 0.3 is 0 Å².